The average Bonchev–Trinajstić information content (AvgIpc) is 3.14. The molecule has 3 aromatic carbocycles. The quantitative estimate of drug-likeness (QED) is 0.0842. The third kappa shape index (κ3) is 13.6. The van der Waals surface area contributed by atoms with Crippen LogP contribution in [-0.4, -0.2) is 65.2 Å². The molecule has 270 valence electrons. The van der Waals surface area contributed by atoms with Crippen LogP contribution in [-0.2, 0) is 43.5 Å². The van der Waals surface area contributed by atoms with Crippen LogP contribution in [0, 0.1) is 0 Å². The van der Waals surface area contributed by atoms with Gasteiger partial charge >= 0.3 is 302 Å². The van der Waals surface area contributed by atoms with Crippen LogP contribution in [0.1, 0.15) is 82.9 Å². The van der Waals surface area contributed by atoms with E-state index in [1.54, 1.807) is 0 Å². The molecule has 0 amide bonds. The predicted octanol–water partition coefficient (Wildman–Crippen LogP) is 10.6. The van der Waals surface area contributed by atoms with Crippen molar-refractivity contribution in [3.63, 3.8) is 0 Å². The van der Waals surface area contributed by atoms with Crippen LogP contribution in [0.25, 0.3) is 0 Å². The summed E-state index contributed by atoms with van der Waals surface area (Å²) in [5.74, 6) is 0.930. The molecule has 1 aliphatic rings. The maximum atomic E-state index is 7.31. The second-order valence-corrected chi connectivity index (χ2v) is 28.7. The molecule has 0 unspecified atom stereocenters. The first-order valence-electron chi connectivity index (χ1n) is 18.9. The van der Waals surface area contributed by atoms with Gasteiger partial charge in [0.2, 0.25) is 0 Å². The van der Waals surface area contributed by atoms with Crippen LogP contribution in [0.4, 0.5) is 0 Å². The molecular weight excluding hydrogens is 735 g/mol. The van der Waals surface area contributed by atoms with E-state index >= 15 is 0 Å². The number of benzene rings is 3. The van der Waals surface area contributed by atoms with Gasteiger partial charge in [-0.1, -0.05) is 6.07 Å². The van der Waals surface area contributed by atoms with Gasteiger partial charge in [0, 0.05) is 0 Å². The molecule has 4 rings (SSSR count). The van der Waals surface area contributed by atoms with Gasteiger partial charge in [0.25, 0.3) is 0 Å². The second-order valence-electron chi connectivity index (χ2n) is 13.6. The zero-order valence-corrected chi connectivity index (χ0v) is 34.3. The minimum atomic E-state index is -2.63. The van der Waals surface area contributed by atoms with Crippen molar-refractivity contribution >= 4 is 30.1 Å². The van der Waals surface area contributed by atoms with Gasteiger partial charge in [0.05, 0.1) is 0 Å². The number of rotatable bonds is 24. The Balaban J connectivity index is 1.65. The second kappa shape index (κ2) is 23.2. The molecule has 49 heavy (non-hydrogen) atoms. The van der Waals surface area contributed by atoms with Crippen LogP contribution in [0.15, 0.2) is 91.0 Å². The van der Waals surface area contributed by atoms with Crippen molar-refractivity contribution in [2.75, 3.05) is 17.0 Å². The van der Waals surface area contributed by atoms with E-state index in [4.69, 9.17) is 23.7 Å². The first-order chi connectivity index (χ1) is 24.1. The van der Waals surface area contributed by atoms with Gasteiger partial charge in [-0.2, -0.15) is 0 Å². The van der Waals surface area contributed by atoms with E-state index in [2.05, 4.69) is 107 Å². The van der Waals surface area contributed by atoms with Gasteiger partial charge in [-0.25, -0.2) is 0 Å². The summed E-state index contributed by atoms with van der Waals surface area (Å²) in [5, 5.41) is 0. The first kappa shape index (κ1) is 40.4. The molecule has 0 radical (unpaired) electrons. The van der Waals surface area contributed by atoms with Gasteiger partial charge in [0.15, 0.2) is 0 Å². The average molecular weight is 798 g/mol. The Labute approximate surface area is 306 Å². The van der Waals surface area contributed by atoms with Crippen LogP contribution in [0.5, 0.6) is 0 Å². The van der Waals surface area contributed by atoms with Crippen LogP contribution >= 0.6 is 11.8 Å². The van der Waals surface area contributed by atoms with Gasteiger partial charge in [-0.05, 0) is 0 Å². The SMILES string of the molecule is CCC[CH2][Sn]([CH2]CCC)([CH2]CCC)[CH2]O[C@@H]1[C@@H](OCc2ccccc2)[C@H](OCc2ccccc2)[C@@H](COCc2ccccc2)O[C@H]1SCC. The standard InChI is InChI=1S/C30H35O5S.3C4H9.Sn/c1-3-36-30-29(31-2)28(34-21-25-17-11-6-12-18-25)27(33-20-24-15-9-5-10-16-24)26(35-30)22-32-19-23-13-7-4-8-14-23;3*1-3-4-2;/h4-18,26-30H,2-3,19-22H2,1H3;3*1,3-4H2,2H3;/t26-,27-,28+,29-,30+;;;;/m1..../s1. The Morgan fingerprint density at radius 2 is 1.04 bits per heavy atom. The predicted molar refractivity (Wildman–Crippen MR) is 208 cm³/mol. The van der Waals surface area contributed by atoms with Crippen LogP contribution < -0.4 is 0 Å². The summed E-state index contributed by atoms with van der Waals surface area (Å²) in [7, 11) is 0. The molecule has 7 heteroatoms. The molecule has 0 N–H and O–H groups in total. The molecule has 0 spiro atoms. The van der Waals surface area contributed by atoms with E-state index in [0.717, 1.165) is 27.1 Å². The Morgan fingerprint density at radius 1 is 0.571 bits per heavy atom. The summed E-state index contributed by atoms with van der Waals surface area (Å²) in [4.78, 5) is 0. The Morgan fingerprint density at radius 3 is 1.51 bits per heavy atom. The summed E-state index contributed by atoms with van der Waals surface area (Å²) in [6, 6.07) is 31.2. The Bertz CT molecular complexity index is 1230. The molecule has 3 aromatic rings. The molecule has 1 saturated heterocycles. The fourth-order valence-electron chi connectivity index (χ4n) is 6.80. The van der Waals surface area contributed by atoms with Crippen molar-refractivity contribution in [3.05, 3.63) is 108 Å². The van der Waals surface area contributed by atoms with E-state index in [0.29, 0.717) is 26.4 Å². The van der Waals surface area contributed by atoms with E-state index in [-0.39, 0.29) is 29.9 Å². The van der Waals surface area contributed by atoms with Crippen molar-refractivity contribution in [3.8, 4) is 0 Å². The van der Waals surface area contributed by atoms with E-state index in [9.17, 15) is 0 Å². The third-order valence-corrected chi connectivity index (χ3v) is 25.0. The molecule has 1 aliphatic heterocycles. The van der Waals surface area contributed by atoms with Gasteiger partial charge < -0.3 is 0 Å². The van der Waals surface area contributed by atoms with Crippen molar-refractivity contribution < 1.29 is 23.7 Å². The summed E-state index contributed by atoms with van der Waals surface area (Å²) >= 11 is -0.807. The number of ether oxygens (including phenoxy) is 5. The van der Waals surface area contributed by atoms with Crippen molar-refractivity contribution in [2.24, 2.45) is 0 Å². The number of hydrogen-bond donors (Lipinski definition) is 0. The van der Waals surface area contributed by atoms with Crippen molar-refractivity contribution in [2.45, 2.75) is 129 Å². The molecule has 5 atom stereocenters. The number of hydrogen-bond acceptors (Lipinski definition) is 6. The topological polar surface area (TPSA) is 46.2 Å². The normalized spacial score (nSPS) is 21.2. The summed E-state index contributed by atoms with van der Waals surface area (Å²) in [6.07, 6.45) is 6.51. The monoisotopic (exact) mass is 798 g/mol. The van der Waals surface area contributed by atoms with Crippen molar-refractivity contribution in [1.82, 2.24) is 0 Å². The molecule has 0 saturated carbocycles. The van der Waals surface area contributed by atoms with Crippen molar-refractivity contribution in [1.29, 1.82) is 0 Å². The fourth-order valence-corrected chi connectivity index (χ4v) is 22.2. The molecule has 0 aliphatic carbocycles. The van der Waals surface area contributed by atoms with Crippen LogP contribution in [0.3, 0.4) is 0 Å². The maximum absolute atomic E-state index is 7.31. The fraction of sp³-hybridized carbons (Fsp3) is 0.571. The summed E-state index contributed by atoms with van der Waals surface area (Å²) in [5.41, 5.74) is 3.26. The molecule has 0 aromatic heterocycles. The first-order valence-corrected chi connectivity index (χ1v) is 28.0. The van der Waals surface area contributed by atoms with E-state index in [1.807, 2.05) is 23.9 Å². The van der Waals surface area contributed by atoms with Gasteiger partial charge in [0.1, 0.15) is 0 Å². The Hall–Kier alpha value is -1.39. The zero-order chi connectivity index (χ0) is 34.6. The van der Waals surface area contributed by atoms with Gasteiger partial charge in [-0.15, -0.1) is 0 Å². The van der Waals surface area contributed by atoms with E-state index < -0.39 is 18.4 Å². The number of unbranched alkanes of at least 4 members (excludes halogenated alkanes) is 3. The molecule has 1 heterocycles. The molecule has 1 fully saturated rings. The summed E-state index contributed by atoms with van der Waals surface area (Å²) in [6.45, 7) is 11.1. The minimum absolute atomic E-state index is 0.166. The molecule has 5 nitrogen and oxygen atoms in total. The zero-order valence-electron chi connectivity index (χ0n) is 30.6. The van der Waals surface area contributed by atoms with E-state index in [1.165, 1.54) is 51.8 Å². The molecular formula is C42H62O5SSn. The Kier molecular flexibility index (Phi) is 19.1. The van der Waals surface area contributed by atoms with Crippen LogP contribution in [0.2, 0.25) is 13.3 Å². The summed E-state index contributed by atoms with van der Waals surface area (Å²) < 4.78 is 39.7. The third-order valence-electron chi connectivity index (χ3n) is 9.65. The molecule has 0 bridgehead atoms. The number of thioether (sulfide) groups is 1. The van der Waals surface area contributed by atoms with Gasteiger partial charge in [-0.3, -0.25) is 0 Å².